The zero-order valence-corrected chi connectivity index (χ0v) is 31.9. The Bertz CT molecular complexity index is 3420. The van der Waals surface area contributed by atoms with E-state index < -0.39 is 0 Å². The average Bonchev–Trinajstić information content (AvgIpc) is 3.99. The summed E-state index contributed by atoms with van der Waals surface area (Å²) < 4.78 is 7.03. The van der Waals surface area contributed by atoms with Gasteiger partial charge in [-0.3, -0.25) is 9.13 Å². The molecular weight excluding hydrogens is 715 g/mol. The summed E-state index contributed by atoms with van der Waals surface area (Å²) in [7, 11) is 0. The van der Waals surface area contributed by atoms with E-state index in [2.05, 4.69) is 161 Å². The van der Waals surface area contributed by atoms with Gasteiger partial charge in [0.05, 0.1) is 22.1 Å². The molecule has 2 aliphatic carbocycles. The highest BCUT2D eigenvalue weighted by Crippen LogP contribution is 2.57. The van der Waals surface area contributed by atoms with Crippen LogP contribution in [0, 0.1) is 0 Å². The van der Waals surface area contributed by atoms with Crippen LogP contribution >= 0.6 is 11.3 Å². The van der Waals surface area contributed by atoms with Gasteiger partial charge in [-0.25, -0.2) is 0 Å². The number of nitrogens with zero attached hydrogens (tertiary/aromatic N) is 5. The second kappa shape index (κ2) is 11.7. The average molecular weight is 750 g/mol. The molecular formula is C51H35N5S. The lowest BCUT2D eigenvalue weighted by molar-refractivity contribution is 0.353. The van der Waals surface area contributed by atoms with E-state index in [9.17, 15) is 0 Å². The third-order valence-corrected chi connectivity index (χ3v) is 14.1. The summed E-state index contributed by atoms with van der Waals surface area (Å²) in [6.07, 6.45) is 6.15. The van der Waals surface area contributed by atoms with Gasteiger partial charge in [-0.1, -0.05) is 128 Å². The van der Waals surface area contributed by atoms with E-state index in [4.69, 9.17) is 15.0 Å². The molecule has 4 heterocycles. The summed E-state index contributed by atoms with van der Waals surface area (Å²) in [6, 6.07) is 55.4. The molecule has 13 rings (SSSR count). The zero-order chi connectivity index (χ0) is 37.2. The Hall–Kier alpha value is -6.63. The molecule has 1 saturated carbocycles. The molecule has 0 saturated heterocycles. The van der Waals surface area contributed by atoms with Crippen molar-refractivity contribution >= 4 is 75.1 Å². The minimum absolute atomic E-state index is 0.0255. The Morgan fingerprint density at radius 2 is 1.00 bits per heavy atom. The molecule has 0 atom stereocenters. The van der Waals surface area contributed by atoms with Gasteiger partial charge in [0.1, 0.15) is 0 Å². The van der Waals surface area contributed by atoms with Crippen LogP contribution in [0.25, 0.3) is 98.2 Å². The van der Waals surface area contributed by atoms with Crippen LogP contribution in [0.2, 0.25) is 0 Å². The maximum Gasteiger partial charge on any atom is 0.240 e. The van der Waals surface area contributed by atoms with Gasteiger partial charge in [0.25, 0.3) is 0 Å². The van der Waals surface area contributed by atoms with Crippen molar-refractivity contribution in [1.29, 1.82) is 0 Å². The molecule has 1 spiro atoms. The normalized spacial score (nSPS) is 14.8. The van der Waals surface area contributed by atoms with Gasteiger partial charge >= 0.3 is 0 Å². The van der Waals surface area contributed by atoms with Crippen LogP contribution in [0.5, 0.6) is 0 Å². The molecule has 0 bridgehead atoms. The topological polar surface area (TPSA) is 48.5 Å². The van der Waals surface area contributed by atoms with Gasteiger partial charge in [0.15, 0.2) is 5.82 Å². The summed E-state index contributed by atoms with van der Waals surface area (Å²) in [5, 5.41) is 7.30. The van der Waals surface area contributed by atoms with Crippen LogP contribution in [0.15, 0.2) is 152 Å². The third-order valence-electron chi connectivity index (χ3n) is 13.0. The number of aromatic nitrogens is 5. The van der Waals surface area contributed by atoms with Crippen LogP contribution in [-0.4, -0.2) is 24.1 Å². The van der Waals surface area contributed by atoms with Gasteiger partial charge in [-0.05, 0) is 77.6 Å². The maximum absolute atomic E-state index is 5.48. The number of hydrogen-bond donors (Lipinski definition) is 0. The first-order valence-electron chi connectivity index (χ1n) is 20.1. The van der Waals surface area contributed by atoms with Crippen LogP contribution in [0.3, 0.4) is 0 Å². The highest BCUT2D eigenvalue weighted by Gasteiger charge is 2.44. The van der Waals surface area contributed by atoms with Crippen LogP contribution < -0.4 is 0 Å². The molecule has 4 aromatic heterocycles. The van der Waals surface area contributed by atoms with E-state index >= 15 is 0 Å². The summed E-state index contributed by atoms with van der Waals surface area (Å²) >= 11 is 1.82. The molecule has 57 heavy (non-hydrogen) atoms. The quantitative estimate of drug-likeness (QED) is 0.181. The molecule has 0 aliphatic heterocycles. The molecule has 0 unspecified atom stereocenters. The molecule has 5 nitrogen and oxygen atoms in total. The van der Waals surface area contributed by atoms with E-state index in [-0.39, 0.29) is 5.41 Å². The Balaban J connectivity index is 1.12. The fourth-order valence-corrected chi connectivity index (χ4v) is 11.7. The van der Waals surface area contributed by atoms with Crippen molar-refractivity contribution in [3.8, 4) is 34.4 Å². The van der Waals surface area contributed by atoms with Gasteiger partial charge in [0, 0.05) is 52.7 Å². The minimum Gasteiger partial charge on any atom is -0.278 e. The summed E-state index contributed by atoms with van der Waals surface area (Å²) in [4.78, 5) is 16.3. The zero-order valence-electron chi connectivity index (χ0n) is 31.1. The highest BCUT2D eigenvalue weighted by molar-refractivity contribution is 7.25. The first kappa shape index (κ1) is 31.6. The third kappa shape index (κ3) is 4.36. The predicted octanol–water partition coefficient (Wildman–Crippen LogP) is 13.3. The van der Waals surface area contributed by atoms with Gasteiger partial charge in [-0.2, -0.15) is 15.0 Å². The van der Waals surface area contributed by atoms with Gasteiger partial charge < -0.3 is 0 Å². The Kier molecular flexibility index (Phi) is 6.48. The molecule has 7 aromatic carbocycles. The number of hydrogen-bond acceptors (Lipinski definition) is 4. The van der Waals surface area contributed by atoms with E-state index in [1.54, 1.807) is 0 Å². The molecule has 2 aliphatic rings. The SMILES string of the molecule is c1ccc2c(c1)-c1cc3c4ccccc4n(-c4nc(-c5ccc6c(c5)sc5ccccc56)nc(-n5c6ccccc6c6ccccc65)n4)c3cc1C21CCCCC1. The van der Waals surface area contributed by atoms with Crippen molar-refractivity contribution in [1.82, 2.24) is 24.1 Å². The smallest absolute Gasteiger partial charge is 0.240 e. The predicted molar refractivity (Wildman–Crippen MR) is 236 cm³/mol. The number of para-hydroxylation sites is 3. The van der Waals surface area contributed by atoms with Crippen molar-refractivity contribution in [2.45, 2.75) is 37.5 Å². The summed E-state index contributed by atoms with van der Waals surface area (Å²) in [5.41, 5.74) is 11.1. The number of thiophene rings is 1. The number of rotatable bonds is 3. The second-order valence-electron chi connectivity index (χ2n) is 15.9. The second-order valence-corrected chi connectivity index (χ2v) is 17.0. The lowest BCUT2D eigenvalue weighted by atomic mass is 9.68. The van der Waals surface area contributed by atoms with E-state index in [1.807, 2.05) is 11.3 Å². The van der Waals surface area contributed by atoms with E-state index in [1.165, 1.54) is 96.1 Å². The number of fused-ring (bicyclic) bond motifs is 14. The van der Waals surface area contributed by atoms with Crippen molar-refractivity contribution < 1.29 is 0 Å². The van der Waals surface area contributed by atoms with Crippen molar-refractivity contribution in [2.24, 2.45) is 0 Å². The first-order chi connectivity index (χ1) is 28.2. The van der Waals surface area contributed by atoms with E-state index in [0.717, 1.165) is 27.6 Å². The monoisotopic (exact) mass is 749 g/mol. The Morgan fingerprint density at radius 1 is 0.421 bits per heavy atom. The van der Waals surface area contributed by atoms with Gasteiger partial charge in [-0.15, -0.1) is 11.3 Å². The molecule has 0 radical (unpaired) electrons. The molecule has 1 fully saturated rings. The maximum atomic E-state index is 5.48. The fourth-order valence-electron chi connectivity index (χ4n) is 10.5. The first-order valence-corrected chi connectivity index (χ1v) is 20.9. The van der Waals surface area contributed by atoms with Crippen LogP contribution in [0.1, 0.15) is 43.2 Å². The van der Waals surface area contributed by atoms with Gasteiger partial charge in [0.2, 0.25) is 11.9 Å². The number of benzene rings is 7. The largest absolute Gasteiger partial charge is 0.278 e. The lowest BCUT2D eigenvalue weighted by Crippen LogP contribution is -2.28. The van der Waals surface area contributed by atoms with Crippen molar-refractivity contribution in [3.05, 3.63) is 163 Å². The van der Waals surface area contributed by atoms with Crippen molar-refractivity contribution in [3.63, 3.8) is 0 Å². The van der Waals surface area contributed by atoms with Crippen LogP contribution in [0.4, 0.5) is 0 Å². The molecule has 0 N–H and O–H groups in total. The lowest BCUT2D eigenvalue weighted by Gasteiger charge is -2.36. The molecule has 6 heteroatoms. The van der Waals surface area contributed by atoms with E-state index in [0.29, 0.717) is 17.7 Å². The minimum atomic E-state index is 0.0255. The van der Waals surface area contributed by atoms with Crippen LogP contribution in [-0.2, 0) is 5.41 Å². The Morgan fingerprint density at radius 3 is 1.72 bits per heavy atom. The summed E-state index contributed by atoms with van der Waals surface area (Å²) in [5.74, 6) is 1.87. The fraction of sp³-hybridized carbons (Fsp3) is 0.118. The summed E-state index contributed by atoms with van der Waals surface area (Å²) in [6.45, 7) is 0. The van der Waals surface area contributed by atoms with Crippen molar-refractivity contribution in [2.75, 3.05) is 0 Å². The standard InChI is InChI=1S/C51H35N5S/c1-12-26-51(27-13-1)40-19-7-2-14-32(40)38-29-39-35-17-5-10-22-44(35)56(45(39)30-41(38)51)50-53-48(31-24-25-37-36-18-6-11-23-46(36)57-47(37)28-31)52-49(54-50)55-42-20-8-3-15-33(42)34-16-4-9-21-43(34)55/h2-11,14-25,28-30H,1,12-13,26-27H2. The Labute approximate surface area is 332 Å². The molecule has 270 valence electrons. The molecule has 11 aromatic rings. The highest BCUT2D eigenvalue weighted by atomic mass is 32.1. The molecule has 0 amide bonds.